The monoisotopic (exact) mass is 111 g/mol. The maximum atomic E-state index is 11.9. The van der Waals surface area contributed by atoms with E-state index in [2.05, 4.69) is 4.98 Å². The third kappa shape index (κ3) is 0.932. The standard InChI is InChI=1S/C5H4FN2/c6-5-2-1-4(7)3-8-5/h1-3,7H. The van der Waals surface area contributed by atoms with Crippen molar-refractivity contribution in [1.82, 2.24) is 10.7 Å². The molecule has 1 N–H and O–H groups in total. The van der Waals surface area contributed by atoms with E-state index < -0.39 is 5.95 Å². The van der Waals surface area contributed by atoms with Crippen molar-refractivity contribution in [2.75, 3.05) is 0 Å². The Morgan fingerprint density at radius 3 is 2.62 bits per heavy atom. The molecule has 0 unspecified atom stereocenters. The second kappa shape index (κ2) is 1.78. The zero-order valence-electron chi connectivity index (χ0n) is 4.06. The van der Waals surface area contributed by atoms with Gasteiger partial charge in [0.2, 0.25) is 5.95 Å². The molecule has 0 aliphatic carbocycles. The van der Waals surface area contributed by atoms with E-state index in [0.29, 0.717) is 0 Å². The van der Waals surface area contributed by atoms with E-state index in [0.717, 1.165) is 12.3 Å². The van der Waals surface area contributed by atoms with E-state index in [9.17, 15) is 4.39 Å². The molecule has 0 aliphatic heterocycles. The van der Waals surface area contributed by atoms with Gasteiger partial charge in [0.15, 0.2) is 0 Å². The molecule has 0 amide bonds. The van der Waals surface area contributed by atoms with E-state index in [-0.39, 0.29) is 5.69 Å². The van der Waals surface area contributed by atoms with Crippen LogP contribution in [0.5, 0.6) is 0 Å². The lowest BCUT2D eigenvalue weighted by molar-refractivity contribution is 0.584. The molecule has 0 atom stereocenters. The molecule has 8 heavy (non-hydrogen) atoms. The fraction of sp³-hybridized carbons (Fsp3) is 0. The fourth-order valence-corrected chi connectivity index (χ4v) is 0.376. The van der Waals surface area contributed by atoms with Crippen LogP contribution >= 0.6 is 0 Å². The number of rotatable bonds is 0. The van der Waals surface area contributed by atoms with E-state index in [1.165, 1.54) is 6.07 Å². The number of aromatic nitrogens is 1. The van der Waals surface area contributed by atoms with Crippen LogP contribution in [0.25, 0.3) is 0 Å². The molecule has 0 saturated heterocycles. The van der Waals surface area contributed by atoms with Crippen LogP contribution < -0.4 is 5.73 Å². The van der Waals surface area contributed by atoms with Crippen molar-refractivity contribution in [3.63, 3.8) is 0 Å². The molecule has 0 saturated carbocycles. The second-order valence-corrected chi connectivity index (χ2v) is 1.37. The van der Waals surface area contributed by atoms with Crippen molar-refractivity contribution in [2.24, 2.45) is 0 Å². The summed E-state index contributed by atoms with van der Waals surface area (Å²) in [5.41, 5.74) is 7.09. The number of hydrogen-bond donors (Lipinski definition) is 0. The summed E-state index contributed by atoms with van der Waals surface area (Å²) in [5.74, 6) is -0.541. The predicted octanol–water partition coefficient (Wildman–Crippen LogP) is 1.14. The van der Waals surface area contributed by atoms with Crippen molar-refractivity contribution in [3.05, 3.63) is 24.3 Å². The Morgan fingerprint density at radius 2 is 2.25 bits per heavy atom. The normalized spacial score (nSPS) is 9.12. The summed E-state index contributed by atoms with van der Waals surface area (Å²) in [5, 5.41) is 0. The van der Waals surface area contributed by atoms with Crippen LogP contribution in [0.2, 0.25) is 0 Å². The van der Waals surface area contributed by atoms with Crippen molar-refractivity contribution in [2.45, 2.75) is 0 Å². The number of nitrogens with zero attached hydrogens (tertiary/aromatic N) is 1. The third-order valence-electron chi connectivity index (χ3n) is 0.727. The Labute approximate surface area is 46.2 Å². The summed E-state index contributed by atoms with van der Waals surface area (Å²) in [7, 11) is 0. The first kappa shape index (κ1) is 5.03. The maximum Gasteiger partial charge on any atom is 0.212 e. The Hall–Kier alpha value is -1.12. The van der Waals surface area contributed by atoms with Crippen LogP contribution in [0, 0.1) is 5.95 Å². The van der Waals surface area contributed by atoms with Gasteiger partial charge in [-0.25, -0.2) is 4.98 Å². The van der Waals surface area contributed by atoms with Gasteiger partial charge >= 0.3 is 0 Å². The van der Waals surface area contributed by atoms with E-state index >= 15 is 0 Å². The number of pyridine rings is 1. The van der Waals surface area contributed by atoms with Crippen LogP contribution in [0.3, 0.4) is 0 Å². The molecular weight excluding hydrogens is 107 g/mol. The highest BCUT2D eigenvalue weighted by molar-refractivity contribution is 5.28. The summed E-state index contributed by atoms with van der Waals surface area (Å²) >= 11 is 0. The summed E-state index contributed by atoms with van der Waals surface area (Å²) in [4.78, 5) is 3.22. The summed E-state index contributed by atoms with van der Waals surface area (Å²) < 4.78 is 11.9. The Bertz CT molecular complexity index is 149. The van der Waals surface area contributed by atoms with Gasteiger partial charge in [-0.15, -0.1) is 0 Å². The largest absolute Gasteiger partial charge is 0.299 e. The van der Waals surface area contributed by atoms with Crippen LogP contribution in [-0.2, 0) is 0 Å². The number of halogens is 1. The molecule has 1 aromatic rings. The first-order valence-electron chi connectivity index (χ1n) is 2.12. The predicted molar refractivity (Wildman–Crippen MR) is 27.0 cm³/mol. The van der Waals surface area contributed by atoms with Gasteiger partial charge in [-0.05, 0) is 12.1 Å². The SMILES string of the molecule is [NH]c1ccc(F)nc1. The average molecular weight is 111 g/mol. The summed E-state index contributed by atoms with van der Waals surface area (Å²) in [6.45, 7) is 0. The van der Waals surface area contributed by atoms with Gasteiger partial charge in [0.05, 0.1) is 11.9 Å². The molecule has 0 bridgehead atoms. The molecule has 1 heterocycles. The maximum absolute atomic E-state index is 11.9. The highest BCUT2D eigenvalue weighted by Gasteiger charge is 1.86. The first-order valence-corrected chi connectivity index (χ1v) is 2.12. The molecule has 0 fully saturated rings. The lowest BCUT2D eigenvalue weighted by Gasteiger charge is -1.85. The van der Waals surface area contributed by atoms with Gasteiger partial charge < -0.3 is 0 Å². The average Bonchev–Trinajstić information content (AvgIpc) is 1.77. The molecular formula is C5H4FN2. The number of nitrogens with one attached hydrogen (secondary N) is 1. The van der Waals surface area contributed by atoms with E-state index in [4.69, 9.17) is 5.73 Å². The summed E-state index contributed by atoms with van der Waals surface area (Å²) in [6, 6.07) is 2.50. The van der Waals surface area contributed by atoms with Gasteiger partial charge in [-0.2, -0.15) is 4.39 Å². The van der Waals surface area contributed by atoms with Crippen molar-refractivity contribution < 1.29 is 4.39 Å². The summed E-state index contributed by atoms with van der Waals surface area (Å²) in [6.07, 6.45) is 1.16. The van der Waals surface area contributed by atoms with Gasteiger partial charge in [0.25, 0.3) is 0 Å². The molecule has 2 nitrogen and oxygen atoms in total. The molecule has 1 rings (SSSR count). The van der Waals surface area contributed by atoms with Crippen LogP contribution in [-0.4, -0.2) is 4.98 Å². The van der Waals surface area contributed by atoms with Crippen LogP contribution in [0.1, 0.15) is 0 Å². The first-order chi connectivity index (χ1) is 3.79. The highest BCUT2D eigenvalue weighted by atomic mass is 19.1. The van der Waals surface area contributed by atoms with Crippen molar-refractivity contribution in [1.29, 1.82) is 0 Å². The second-order valence-electron chi connectivity index (χ2n) is 1.37. The lowest BCUT2D eigenvalue weighted by Crippen LogP contribution is -1.78. The molecule has 0 aromatic carbocycles. The van der Waals surface area contributed by atoms with E-state index in [1.807, 2.05) is 0 Å². The van der Waals surface area contributed by atoms with Crippen molar-refractivity contribution >= 4 is 5.69 Å². The van der Waals surface area contributed by atoms with Crippen molar-refractivity contribution in [3.8, 4) is 0 Å². The molecule has 0 aliphatic rings. The molecule has 0 spiro atoms. The topological polar surface area (TPSA) is 36.7 Å². The molecule has 1 aromatic heterocycles. The van der Waals surface area contributed by atoms with Crippen LogP contribution in [0.4, 0.5) is 10.1 Å². The van der Waals surface area contributed by atoms with Crippen LogP contribution in [0.15, 0.2) is 18.3 Å². The number of hydrogen-bond acceptors (Lipinski definition) is 1. The minimum Gasteiger partial charge on any atom is -0.299 e. The smallest absolute Gasteiger partial charge is 0.212 e. The Kier molecular flexibility index (Phi) is 1.12. The highest BCUT2D eigenvalue weighted by Crippen LogP contribution is 1.99. The molecule has 41 valence electrons. The van der Waals surface area contributed by atoms with E-state index in [1.54, 1.807) is 0 Å². The Morgan fingerprint density at radius 1 is 1.50 bits per heavy atom. The van der Waals surface area contributed by atoms with Gasteiger partial charge in [-0.3, -0.25) is 5.73 Å². The minimum absolute atomic E-state index is 0.228. The van der Waals surface area contributed by atoms with Gasteiger partial charge in [0.1, 0.15) is 0 Å². The zero-order valence-corrected chi connectivity index (χ0v) is 4.06. The van der Waals surface area contributed by atoms with Gasteiger partial charge in [-0.1, -0.05) is 0 Å². The third-order valence-corrected chi connectivity index (χ3v) is 0.727. The fourth-order valence-electron chi connectivity index (χ4n) is 0.376. The molecule has 1 radical (unpaired) electrons. The Balaban J connectivity index is 3.03. The van der Waals surface area contributed by atoms with Gasteiger partial charge in [0, 0.05) is 0 Å². The quantitative estimate of drug-likeness (QED) is 0.462. The zero-order chi connectivity index (χ0) is 5.98. The molecule has 3 heteroatoms. The minimum atomic E-state index is -0.541. The lowest BCUT2D eigenvalue weighted by atomic mass is 10.4.